The molecule has 0 unspecified atom stereocenters. The van der Waals surface area contributed by atoms with Crippen LogP contribution in [0.4, 0.5) is 0 Å². The molecule has 0 aliphatic carbocycles. The van der Waals surface area contributed by atoms with Crippen molar-refractivity contribution < 1.29 is 12.6 Å². The van der Waals surface area contributed by atoms with Crippen molar-refractivity contribution in [2.45, 2.75) is 11.8 Å². The second kappa shape index (κ2) is 8.65. The molecular weight excluding hydrogens is 446 g/mol. The number of nitrogens with zero attached hydrogens (tertiary/aromatic N) is 1. The zero-order valence-electron chi connectivity index (χ0n) is 18.4. The van der Waals surface area contributed by atoms with E-state index >= 15 is 0 Å². The maximum atomic E-state index is 14.0. The van der Waals surface area contributed by atoms with E-state index in [2.05, 4.69) is 0 Å². The van der Waals surface area contributed by atoms with Gasteiger partial charge in [0.2, 0.25) is 0 Å². The Labute approximate surface area is 197 Å². The van der Waals surface area contributed by atoms with Gasteiger partial charge in [-0.25, -0.2) is 0 Å². The van der Waals surface area contributed by atoms with Gasteiger partial charge in [0.05, 0.1) is 11.1 Å². The lowest BCUT2D eigenvalue weighted by Gasteiger charge is -2.18. The first-order valence-corrected chi connectivity index (χ1v) is 12.2. The number of pyridine rings is 1. The fourth-order valence-corrected chi connectivity index (χ4v) is 4.91. The summed E-state index contributed by atoms with van der Waals surface area (Å²) in [7, 11) is -4.19. The second-order valence-electron chi connectivity index (χ2n) is 7.91. The first-order chi connectivity index (χ1) is 16.5. The largest absolute Gasteiger partial charge is 0.377 e. The van der Waals surface area contributed by atoms with Crippen molar-refractivity contribution in [2.75, 3.05) is 0 Å². The van der Waals surface area contributed by atoms with Crippen molar-refractivity contribution in [1.82, 2.24) is 4.57 Å². The topological polar surface area (TPSA) is 65.4 Å². The molecule has 0 N–H and O–H groups in total. The van der Waals surface area contributed by atoms with Crippen molar-refractivity contribution in [2.24, 2.45) is 0 Å². The smallest absolute Gasteiger partial charge is 0.339 e. The summed E-state index contributed by atoms with van der Waals surface area (Å²) in [5.74, 6) is 0.0135. The van der Waals surface area contributed by atoms with Crippen molar-refractivity contribution in [3.8, 4) is 22.6 Å². The van der Waals surface area contributed by atoms with E-state index in [4.69, 9.17) is 4.18 Å². The highest BCUT2D eigenvalue weighted by Gasteiger charge is 2.25. The van der Waals surface area contributed by atoms with Crippen LogP contribution in [0.1, 0.15) is 5.56 Å². The molecule has 0 fully saturated rings. The van der Waals surface area contributed by atoms with Crippen LogP contribution in [0.25, 0.3) is 27.7 Å². The summed E-state index contributed by atoms with van der Waals surface area (Å²) in [6, 6.07) is 31.8. The summed E-state index contributed by atoms with van der Waals surface area (Å²) in [5, 5.41) is 0.514. The number of para-hydroxylation sites is 2. The van der Waals surface area contributed by atoms with E-state index in [0.717, 1.165) is 5.56 Å². The highest BCUT2D eigenvalue weighted by Crippen LogP contribution is 2.37. The zero-order valence-corrected chi connectivity index (χ0v) is 19.2. The molecule has 5 rings (SSSR count). The zero-order chi connectivity index (χ0) is 23.7. The predicted octanol–water partition coefficient (Wildman–Crippen LogP) is 5.73. The first-order valence-electron chi connectivity index (χ1n) is 10.8. The minimum absolute atomic E-state index is 0.0135. The molecule has 0 spiro atoms. The van der Waals surface area contributed by atoms with Gasteiger partial charge in [0.15, 0.2) is 5.75 Å². The molecule has 0 saturated heterocycles. The van der Waals surface area contributed by atoms with E-state index < -0.39 is 10.1 Å². The number of fused-ring (bicyclic) bond motifs is 1. The average Bonchev–Trinajstić information content (AvgIpc) is 2.85. The van der Waals surface area contributed by atoms with E-state index in [0.29, 0.717) is 22.2 Å². The number of hydrogen-bond acceptors (Lipinski definition) is 4. The molecule has 34 heavy (non-hydrogen) atoms. The molecule has 0 saturated carbocycles. The lowest BCUT2D eigenvalue weighted by molar-refractivity contribution is 0.489. The van der Waals surface area contributed by atoms with Crippen LogP contribution in [0.3, 0.4) is 0 Å². The SMILES string of the molecule is Cc1ccc(S(=O)(=O)Oc2c(-c3ccccc3)c(=O)n(-c3ccccc3)c3ccccc23)cc1. The van der Waals surface area contributed by atoms with Gasteiger partial charge in [-0.15, -0.1) is 0 Å². The monoisotopic (exact) mass is 467 g/mol. The van der Waals surface area contributed by atoms with Gasteiger partial charge in [-0.05, 0) is 48.9 Å². The number of aryl methyl sites for hydroxylation is 1. The molecule has 5 aromatic rings. The number of rotatable bonds is 5. The van der Waals surface area contributed by atoms with Crippen LogP contribution in [0.2, 0.25) is 0 Å². The maximum absolute atomic E-state index is 14.0. The highest BCUT2D eigenvalue weighted by molar-refractivity contribution is 7.87. The molecule has 0 aliphatic heterocycles. The number of hydrogen-bond donors (Lipinski definition) is 0. The quantitative estimate of drug-likeness (QED) is 0.310. The molecular formula is C28H21NO4S. The van der Waals surface area contributed by atoms with E-state index in [1.165, 1.54) is 12.1 Å². The minimum Gasteiger partial charge on any atom is -0.377 e. The van der Waals surface area contributed by atoms with E-state index in [1.54, 1.807) is 59.2 Å². The molecule has 168 valence electrons. The third-order valence-corrected chi connectivity index (χ3v) is 6.85. The molecule has 0 aliphatic rings. The number of aromatic nitrogens is 1. The van der Waals surface area contributed by atoms with Gasteiger partial charge in [0.1, 0.15) is 4.90 Å². The Bertz CT molecular complexity index is 1640. The van der Waals surface area contributed by atoms with Gasteiger partial charge < -0.3 is 4.18 Å². The van der Waals surface area contributed by atoms with E-state index in [9.17, 15) is 13.2 Å². The Morgan fingerprint density at radius 1 is 0.706 bits per heavy atom. The molecule has 1 heterocycles. The Kier molecular flexibility index (Phi) is 5.51. The van der Waals surface area contributed by atoms with E-state index in [1.807, 2.05) is 49.4 Å². The second-order valence-corrected chi connectivity index (χ2v) is 9.46. The van der Waals surface area contributed by atoms with Gasteiger partial charge in [-0.1, -0.05) is 78.4 Å². The number of benzene rings is 4. The molecule has 5 nitrogen and oxygen atoms in total. The highest BCUT2D eigenvalue weighted by atomic mass is 32.2. The van der Waals surface area contributed by atoms with Gasteiger partial charge in [-0.3, -0.25) is 9.36 Å². The lowest BCUT2D eigenvalue weighted by atomic mass is 10.0. The summed E-state index contributed by atoms with van der Waals surface area (Å²) in [4.78, 5) is 14.0. The fraction of sp³-hybridized carbons (Fsp3) is 0.0357. The van der Waals surface area contributed by atoms with Gasteiger partial charge >= 0.3 is 10.1 Å². The van der Waals surface area contributed by atoms with Crippen molar-refractivity contribution in [1.29, 1.82) is 0 Å². The Balaban J connectivity index is 1.85. The Hall–Kier alpha value is -4.16. The van der Waals surface area contributed by atoms with Crippen LogP contribution in [0, 0.1) is 6.92 Å². The van der Waals surface area contributed by atoms with Crippen molar-refractivity contribution >= 4 is 21.0 Å². The lowest BCUT2D eigenvalue weighted by Crippen LogP contribution is -2.23. The van der Waals surface area contributed by atoms with Crippen LogP contribution in [0.5, 0.6) is 5.75 Å². The molecule has 6 heteroatoms. The summed E-state index contributed by atoms with van der Waals surface area (Å²) in [6.45, 7) is 1.88. The van der Waals surface area contributed by atoms with Crippen LogP contribution in [-0.2, 0) is 10.1 Å². The molecule has 0 bridgehead atoms. The molecule has 0 radical (unpaired) electrons. The van der Waals surface area contributed by atoms with E-state index in [-0.39, 0.29) is 21.8 Å². The third kappa shape index (κ3) is 3.89. The van der Waals surface area contributed by atoms with Gasteiger partial charge in [0, 0.05) is 11.1 Å². The molecule has 1 aromatic heterocycles. The average molecular weight is 468 g/mol. The third-order valence-electron chi connectivity index (χ3n) is 5.61. The van der Waals surface area contributed by atoms with Crippen LogP contribution < -0.4 is 9.74 Å². The van der Waals surface area contributed by atoms with Gasteiger partial charge in [0.25, 0.3) is 5.56 Å². The summed E-state index contributed by atoms with van der Waals surface area (Å²) in [6.07, 6.45) is 0. The van der Waals surface area contributed by atoms with Crippen molar-refractivity contribution in [3.05, 3.63) is 125 Å². The predicted molar refractivity (Wildman–Crippen MR) is 134 cm³/mol. The molecule has 4 aromatic carbocycles. The van der Waals surface area contributed by atoms with Crippen LogP contribution in [-0.4, -0.2) is 13.0 Å². The Morgan fingerprint density at radius 3 is 1.97 bits per heavy atom. The molecule has 0 atom stereocenters. The molecule has 0 amide bonds. The van der Waals surface area contributed by atoms with Crippen molar-refractivity contribution in [3.63, 3.8) is 0 Å². The van der Waals surface area contributed by atoms with Crippen LogP contribution >= 0.6 is 0 Å². The fourth-order valence-electron chi connectivity index (χ4n) is 3.96. The first kappa shape index (κ1) is 21.7. The van der Waals surface area contributed by atoms with Crippen LogP contribution in [0.15, 0.2) is 119 Å². The Morgan fingerprint density at radius 2 is 1.29 bits per heavy atom. The van der Waals surface area contributed by atoms with Gasteiger partial charge in [-0.2, -0.15) is 8.42 Å². The normalized spacial score (nSPS) is 11.4. The summed E-state index contributed by atoms with van der Waals surface area (Å²) < 4.78 is 33.9. The maximum Gasteiger partial charge on any atom is 0.339 e. The minimum atomic E-state index is -4.19. The summed E-state index contributed by atoms with van der Waals surface area (Å²) >= 11 is 0. The standard InChI is InChI=1S/C28H21NO4S/c1-20-16-18-23(19-17-20)34(31,32)33-27-24-14-8-9-15-25(24)29(22-12-6-3-7-13-22)28(30)26(27)21-10-4-2-5-11-21/h2-19H,1H3. The summed E-state index contributed by atoms with van der Waals surface area (Å²) in [5.41, 5.74) is 2.53.